The molecular weight excluding hydrogens is 394 g/mol. The van der Waals surface area contributed by atoms with E-state index in [0.717, 1.165) is 11.3 Å². The van der Waals surface area contributed by atoms with Gasteiger partial charge in [-0.15, -0.1) is 0 Å². The van der Waals surface area contributed by atoms with Crippen LogP contribution in [-0.4, -0.2) is 58.5 Å². The Morgan fingerprint density at radius 3 is 2.26 bits per heavy atom. The molecule has 160 valence electrons. The number of para-hydroxylation sites is 1. The number of hydrogen-bond donors (Lipinski definition) is 0. The molecule has 1 aliphatic rings. The molecule has 0 saturated carbocycles. The van der Waals surface area contributed by atoms with Gasteiger partial charge in [-0.05, 0) is 26.0 Å². The molecule has 1 saturated heterocycles. The minimum atomic E-state index is -0.580. The lowest BCUT2D eigenvalue weighted by atomic mass is 10.1. The van der Waals surface area contributed by atoms with Crippen LogP contribution in [0.15, 0.2) is 66.9 Å². The van der Waals surface area contributed by atoms with Crippen LogP contribution in [0.3, 0.4) is 0 Å². The second kappa shape index (κ2) is 9.14. The topological polar surface area (TPSA) is 73.7 Å². The first-order valence-corrected chi connectivity index (χ1v) is 10.3. The Hall–Kier alpha value is -3.45. The van der Waals surface area contributed by atoms with Gasteiger partial charge in [0.1, 0.15) is 11.3 Å². The van der Waals surface area contributed by atoms with Gasteiger partial charge >= 0.3 is 5.97 Å². The minimum absolute atomic E-state index is 0.0443. The van der Waals surface area contributed by atoms with Crippen LogP contribution in [0.2, 0.25) is 0 Å². The normalized spacial score (nSPS) is 18.6. The third-order valence-electron chi connectivity index (χ3n) is 5.10. The molecule has 4 rings (SSSR count). The summed E-state index contributed by atoms with van der Waals surface area (Å²) in [6, 6.07) is 19.0. The minimum Gasteiger partial charge on any atom is -0.452 e. The lowest BCUT2D eigenvalue weighted by molar-refractivity contribution is -0.146. The van der Waals surface area contributed by atoms with Crippen LogP contribution in [0.4, 0.5) is 0 Å². The zero-order valence-electron chi connectivity index (χ0n) is 17.6. The molecule has 0 bridgehead atoms. The fourth-order valence-electron chi connectivity index (χ4n) is 3.72. The van der Waals surface area contributed by atoms with Crippen LogP contribution in [0.25, 0.3) is 16.9 Å². The van der Waals surface area contributed by atoms with Gasteiger partial charge in [0, 0.05) is 24.8 Å². The Morgan fingerprint density at radius 2 is 1.61 bits per heavy atom. The van der Waals surface area contributed by atoms with Crippen LogP contribution in [-0.2, 0) is 14.3 Å². The molecule has 0 spiro atoms. The summed E-state index contributed by atoms with van der Waals surface area (Å²) in [6.45, 7) is 4.50. The second-order valence-electron chi connectivity index (χ2n) is 7.67. The highest BCUT2D eigenvalue weighted by Gasteiger charge is 2.27. The SMILES string of the molecule is C[C@@H]1CN(C(=O)COC(=O)c2cn(-c3ccccc3)nc2-c2ccccc2)C[C@@H](C)O1. The van der Waals surface area contributed by atoms with Crippen LogP contribution in [0.5, 0.6) is 0 Å². The molecule has 0 N–H and O–H groups in total. The van der Waals surface area contributed by atoms with Crippen LogP contribution in [0.1, 0.15) is 24.2 Å². The van der Waals surface area contributed by atoms with Crippen molar-refractivity contribution >= 4 is 11.9 Å². The number of benzene rings is 2. The molecule has 1 aliphatic heterocycles. The molecule has 7 heteroatoms. The summed E-state index contributed by atoms with van der Waals surface area (Å²) in [5.74, 6) is -0.809. The predicted octanol–water partition coefficient (Wildman–Crippen LogP) is 3.33. The zero-order valence-corrected chi connectivity index (χ0v) is 17.6. The molecule has 1 aromatic heterocycles. The Kier molecular flexibility index (Phi) is 6.13. The molecule has 2 aromatic carbocycles. The molecule has 0 aliphatic carbocycles. The summed E-state index contributed by atoms with van der Waals surface area (Å²) in [5.41, 5.74) is 2.44. The van der Waals surface area contributed by atoms with Crippen molar-refractivity contribution in [1.82, 2.24) is 14.7 Å². The van der Waals surface area contributed by atoms with Crippen LogP contribution in [0, 0.1) is 0 Å². The number of ether oxygens (including phenoxy) is 2. The maximum absolute atomic E-state index is 12.9. The number of hydrogen-bond acceptors (Lipinski definition) is 5. The Morgan fingerprint density at radius 1 is 1.00 bits per heavy atom. The predicted molar refractivity (Wildman–Crippen MR) is 116 cm³/mol. The summed E-state index contributed by atoms with van der Waals surface area (Å²) < 4.78 is 12.7. The van der Waals surface area contributed by atoms with Crippen molar-refractivity contribution in [3.8, 4) is 16.9 Å². The van der Waals surface area contributed by atoms with E-state index in [0.29, 0.717) is 24.3 Å². The average molecular weight is 419 g/mol. The molecule has 2 heterocycles. The third-order valence-corrected chi connectivity index (χ3v) is 5.10. The van der Waals surface area contributed by atoms with E-state index in [1.807, 2.05) is 74.5 Å². The molecule has 2 atom stereocenters. The highest BCUT2D eigenvalue weighted by Crippen LogP contribution is 2.24. The lowest BCUT2D eigenvalue weighted by Gasteiger charge is -2.35. The quantitative estimate of drug-likeness (QED) is 0.593. The van der Waals surface area contributed by atoms with E-state index in [2.05, 4.69) is 5.10 Å². The number of aromatic nitrogens is 2. The van der Waals surface area contributed by atoms with Gasteiger partial charge in [0.2, 0.25) is 0 Å². The monoisotopic (exact) mass is 419 g/mol. The van der Waals surface area contributed by atoms with E-state index >= 15 is 0 Å². The standard InChI is InChI=1S/C24H25N3O4/c1-17-13-26(14-18(2)31-17)22(28)16-30-24(29)21-15-27(20-11-7-4-8-12-20)25-23(21)19-9-5-3-6-10-19/h3-12,15,17-18H,13-14,16H2,1-2H3/t17-,18-/m1/s1. The molecule has 31 heavy (non-hydrogen) atoms. The first-order chi connectivity index (χ1) is 15.0. The number of carbonyl (C=O) groups excluding carboxylic acids is 2. The lowest BCUT2D eigenvalue weighted by Crippen LogP contribution is -2.49. The number of morpholine rings is 1. The molecule has 0 radical (unpaired) electrons. The van der Waals surface area contributed by atoms with E-state index in [4.69, 9.17) is 9.47 Å². The number of carbonyl (C=O) groups is 2. The van der Waals surface area contributed by atoms with Gasteiger partial charge < -0.3 is 14.4 Å². The van der Waals surface area contributed by atoms with E-state index < -0.39 is 5.97 Å². The van der Waals surface area contributed by atoms with Crippen molar-refractivity contribution in [3.63, 3.8) is 0 Å². The van der Waals surface area contributed by atoms with Crippen molar-refractivity contribution in [2.24, 2.45) is 0 Å². The number of nitrogens with zero attached hydrogens (tertiary/aromatic N) is 3. The number of esters is 1. The smallest absolute Gasteiger partial charge is 0.342 e. The van der Waals surface area contributed by atoms with Gasteiger partial charge in [-0.25, -0.2) is 9.48 Å². The van der Waals surface area contributed by atoms with Crippen molar-refractivity contribution in [1.29, 1.82) is 0 Å². The van der Waals surface area contributed by atoms with Crippen molar-refractivity contribution in [2.45, 2.75) is 26.1 Å². The van der Waals surface area contributed by atoms with Gasteiger partial charge in [-0.3, -0.25) is 4.79 Å². The van der Waals surface area contributed by atoms with E-state index in [1.54, 1.807) is 15.8 Å². The first kappa shape index (κ1) is 20.8. The number of amides is 1. The molecule has 7 nitrogen and oxygen atoms in total. The van der Waals surface area contributed by atoms with Gasteiger partial charge in [0.05, 0.1) is 17.9 Å². The van der Waals surface area contributed by atoms with Crippen molar-refractivity contribution in [3.05, 3.63) is 72.4 Å². The van der Waals surface area contributed by atoms with Gasteiger partial charge in [-0.1, -0.05) is 48.5 Å². The van der Waals surface area contributed by atoms with Crippen molar-refractivity contribution < 1.29 is 19.1 Å². The Balaban J connectivity index is 1.54. The van der Waals surface area contributed by atoms with Gasteiger partial charge in [0.15, 0.2) is 6.61 Å². The molecule has 1 amide bonds. The molecule has 0 unspecified atom stereocenters. The molecular formula is C24H25N3O4. The summed E-state index contributed by atoms with van der Waals surface area (Å²) >= 11 is 0. The van der Waals surface area contributed by atoms with E-state index in [1.165, 1.54) is 0 Å². The zero-order chi connectivity index (χ0) is 21.8. The summed E-state index contributed by atoms with van der Waals surface area (Å²) in [7, 11) is 0. The van der Waals surface area contributed by atoms with Crippen molar-refractivity contribution in [2.75, 3.05) is 19.7 Å². The Labute approximate surface area is 181 Å². The summed E-state index contributed by atoms with van der Waals surface area (Å²) in [5, 5.41) is 4.61. The second-order valence-corrected chi connectivity index (χ2v) is 7.67. The average Bonchev–Trinajstić information content (AvgIpc) is 3.23. The molecule has 1 fully saturated rings. The van der Waals surface area contributed by atoms with Gasteiger partial charge in [0.25, 0.3) is 5.91 Å². The third kappa shape index (κ3) is 4.83. The van der Waals surface area contributed by atoms with Crippen LogP contribution >= 0.6 is 0 Å². The fraction of sp³-hybridized carbons (Fsp3) is 0.292. The summed E-state index contributed by atoms with van der Waals surface area (Å²) in [4.78, 5) is 27.2. The highest BCUT2D eigenvalue weighted by atomic mass is 16.5. The maximum Gasteiger partial charge on any atom is 0.342 e. The number of rotatable bonds is 5. The highest BCUT2D eigenvalue weighted by molar-refractivity contribution is 5.97. The fourth-order valence-corrected chi connectivity index (χ4v) is 3.72. The largest absolute Gasteiger partial charge is 0.452 e. The molecule has 3 aromatic rings. The Bertz CT molecular complexity index is 1040. The van der Waals surface area contributed by atoms with Gasteiger partial charge in [-0.2, -0.15) is 5.10 Å². The first-order valence-electron chi connectivity index (χ1n) is 10.3. The van der Waals surface area contributed by atoms with E-state index in [9.17, 15) is 9.59 Å². The van der Waals surface area contributed by atoms with Crippen LogP contribution < -0.4 is 0 Å². The maximum atomic E-state index is 12.9. The summed E-state index contributed by atoms with van der Waals surface area (Å²) in [6.07, 6.45) is 1.55. The van der Waals surface area contributed by atoms with E-state index in [-0.39, 0.29) is 24.7 Å².